The number of phenolic OH excluding ortho intramolecular Hbond substituents is 1. The molecule has 4 nitrogen and oxygen atoms in total. The van der Waals surface area contributed by atoms with Crippen LogP contribution in [0.15, 0.2) is 16.6 Å². The molecular formula is C10H10BrFO4. The van der Waals surface area contributed by atoms with Gasteiger partial charge in [0.15, 0.2) is 17.7 Å². The monoisotopic (exact) mass is 292 g/mol. The predicted molar refractivity (Wildman–Crippen MR) is 57.4 cm³/mol. The van der Waals surface area contributed by atoms with Crippen LogP contribution in [0.4, 0.5) is 4.39 Å². The zero-order chi connectivity index (χ0) is 12.3. The first-order valence-electron chi connectivity index (χ1n) is 4.50. The maximum atomic E-state index is 13.1. The average molecular weight is 293 g/mol. The normalized spacial score (nSPS) is 12.2. The van der Waals surface area contributed by atoms with E-state index in [2.05, 4.69) is 20.7 Å². The minimum atomic E-state index is -1.70. The van der Waals surface area contributed by atoms with Gasteiger partial charge in [0.1, 0.15) is 0 Å². The number of esters is 1. The number of aliphatic hydroxyl groups excluding tert-OH is 1. The molecule has 88 valence electrons. The number of carbonyl (C=O) groups excluding carboxylic acids is 1. The van der Waals surface area contributed by atoms with Crippen LogP contribution in [0.5, 0.6) is 5.75 Å². The van der Waals surface area contributed by atoms with Crippen LogP contribution in [0.25, 0.3) is 0 Å². The number of aromatic hydroxyl groups is 1. The maximum Gasteiger partial charge on any atom is 0.339 e. The summed E-state index contributed by atoms with van der Waals surface area (Å²) in [6.45, 7) is 1.67. The molecular weight excluding hydrogens is 283 g/mol. The SMILES string of the molecule is CCOC(=O)C(O)c1cc(Br)cc(F)c1O. The Morgan fingerprint density at radius 2 is 2.25 bits per heavy atom. The second-order valence-corrected chi connectivity index (χ2v) is 3.90. The van der Waals surface area contributed by atoms with E-state index in [1.54, 1.807) is 6.92 Å². The smallest absolute Gasteiger partial charge is 0.339 e. The van der Waals surface area contributed by atoms with Crippen molar-refractivity contribution in [2.24, 2.45) is 0 Å². The predicted octanol–water partition coefficient (Wildman–Crippen LogP) is 1.89. The second kappa shape index (κ2) is 5.27. The van der Waals surface area contributed by atoms with E-state index < -0.39 is 23.6 Å². The topological polar surface area (TPSA) is 66.8 Å². The molecule has 1 unspecified atom stereocenters. The highest BCUT2D eigenvalue weighted by Crippen LogP contribution is 2.31. The van der Waals surface area contributed by atoms with E-state index in [9.17, 15) is 19.4 Å². The van der Waals surface area contributed by atoms with Crippen LogP contribution in [0.1, 0.15) is 18.6 Å². The number of aliphatic hydroxyl groups is 1. The Bertz CT molecular complexity index is 408. The first-order chi connectivity index (χ1) is 7.47. The molecule has 0 spiro atoms. The number of ether oxygens (including phenoxy) is 1. The number of benzene rings is 1. The fourth-order valence-electron chi connectivity index (χ4n) is 1.14. The summed E-state index contributed by atoms with van der Waals surface area (Å²) in [5.41, 5.74) is -0.231. The summed E-state index contributed by atoms with van der Waals surface area (Å²) < 4.78 is 18.0. The van der Waals surface area contributed by atoms with Crippen LogP contribution in [0, 0.1) is 5.82 Å². The van der Waals surface area contributed by atoms with Gasteiger partial charge in [0.05, 0.1) is 6.61 Å². The molecule has 0 bridgehead atoms. The number of halogens is 2. The third-order valence-corrected chi connectivity index (χ3v) is 2.32. The highest BCUT2D eigenvalue weighted by molar-refractivity contribution is 9.10. The summed E-state index contributed by atoms with van der Waals surface area (Å²) in [7, 11) is 0. The van der Waals surface area contributed by atoms with Crippen LogP contribution < -0.4 is 0 Å². The Morgan fingerprint density at radius 3 is 2.81 bits per heavy atom. The number of rotatable bonds is 3. The molecule has 2 N–H and O–H groups in total. The molecule has 0 aliphatic carbocycles. The zero-order valence-electron chi connectivity index (χ0n) is 8.41. The second-order valence-electron chi connectivity index (χ2n) is 2.98. The molecule has 0 saturated carbocycles. The zero-order valence-corrected chi connectivity index (χ0v) is 9.99. The van der Waals surface area contributed by atoms with E-state index in [-0.39, 0.29) is 12.2 Å². The van der Waals surface area contributed by atoms with Crippen LogP contribution >= 0.6 is 15.9 Å². The third-order valence-electron chi connectivity index (χ3n) is 1.86. The molecule has 0 aromatic heterocycles. The standard InChI is InChI=1S/C10H10BrFO4/c1-2-16-10(15)9(14)6-3-5(11)4-7(12)8(6)13/h3-4,9,13-14H,2H2,1H3. The van der Waals surface area contributed by atoms with Crippen molar-refractivity contribution < 1.29 is 24.1 Å². The van der Waals surface area contributed by atoms with Gasteiger partial charge in [-0.3, -0.25) is 0 Å². The Kier molecular flexibility index (Phi) is 4.26. The molecule has 16 heavy (non-hydrogen) atoms. The molecule has 1 atom stereocenters. The Labute approximate surface area is 99.8 Å². The van der Waals surface area contributed by atoms with Crippen molar-refractivity contribution in [3.63, 3.8) is 0 Å². The number of phenols is 1. The minimum Gasteiger partial charge on any atom is -0.505 e. The summed E-state index contributed by atoms with van der Waals surface area (Å²) in [4.78, 5) is 11.2. The average Bonchev–Trinajstić information content (AvgIpc) is 2.22. The summed E-state index contributed by atoms with van der Waals surface area (Å²) in [6.07, 6.45) is -1.70. The molecule has 0 fully saturated rings. The van der Waals surface area contributed by atoms with Crippen molar-refractivity contribution >= 4 is 21.9 Å². The Morgan fingerprint density at radius 1 is 1.62 bits per heavy atom. The number of hydrogen-bond donors (Lipinski definition) is 2. The van der Waals surface area contributed by atoms with Gasteiger partial charge in [-0.25, -0.2) is 9.18 Å². The van der Waals surface area contributed by atoms with Crippen LogP contribution in [0.3, 0.4) is 0 Å². The molecule has 1 aromatic rings. The molecule has 0 saturated heterocycles. The van der Waals surface area contributed by atoms with Crippen LogP contribution in [-0.2, 0) is 9.53 Å². The van der Waals surface area contributed by atoms with Gasteiger partial charge >= 0.3 is 5.97 Å². The van der Waals surface area contributed by atoms with Gasteiger partial charge in [0.25, 0.3) is 0 Å². The van der Waals surface area contributed by atoms with Gasteiger partial charge in [-0.1, -0.05) is 15.9 Å². The van der Waals surface area contributed by atoms with Crippen molar-refractivity contribution in [1.82, 2.24) is 0 Å². The van der Waals surface area contributed by atoms with E-state index in [4.69, 9.17) is 0 Å². The van der Waals surface area contributed by atoms with Crippen LogP contribution in [0.2, 0.25) is 0 Å². The van der Waals surface area contributed by atoms with E-state index in [0.717, 1.165) is 6.07 Å². The summed E-state index contributed by atoms with van der Waals surface area (Å²) in [5, 5.41) is 18.9. The lowest BCUT2D eigenvalue weighted by atomic mass is 10.1. The third kappa shape index (κ3) is 2.70. The largest absolute Gasteiger partial charge is 0.505 e. The van der Waals surface area contributed by atoms with Crippen molar-refractivity contribution in [2.75, 3.05) is 6.61 Å². The fraction of sp³-hybridized carbons (Fsp3) is 0.300. The molecule has 0 aliphatic rings. The van der Waals surface area contributed by atoms with Crippen molar-refractivity contribution in [1.29, 1.82) is 0 Å². The van der Waals surface area contributed by atoms with E-state index >= 15 is 0 Å². The number of carbonyl (C=O) groups is 1. The lowest BCUT2D eigenvalue weighted by Crippen LogP contribution is -2.15. The van der Waals surface area contributed by atoms with Gasteiger partial charge in [-0.2, -0.15) is 0 Å². The summed E-state index contributed by atoms with van der Waals surface area (Å²) >= 11 is 2.99. The maximum absolute atomic E-state index is 13.1. The molecule has 0 heterocycles. The first kappa shape index (κ1) is 12.9. The van der Waals surface area contributed by atoms with Crippen LogP contribution in [-0.4, -0.2) is 22.8 Å². The van der Waals surface area contributed by atoms with Gasteiger partial charge in [-0.05, 0) is 19.1 Å². The molecule has 0 amide bonds. The molecule has 1 rings (SSSR count). The minimum absolute atomic E-state index is 0.0904. The lowest BCUT2D eigenvalue weighted by molar-refractivity contribution is -0.153. The van der Waals surface area contributed by atoms with Gasteiger partial charge in [0.2, 0.25) is 0 Å². The highest BCUT2D eigenvalue weighted by Gasteiger charge is 2.24. The van der Waals surface area contributed by atoms with Crippen molar-refractivity contribution in [3.05, 3.63) is 28.0 Å². The Hall–Kier alpha value is -1.14. The quantitative estimate of drug-likeness (QED) is 0.835. The lowest BCUT2D eigenvalue weighted by Gasteiger charge is -2.12. The van der Waals surface area contributed by atoms with Crippen molar-refractivity contribution in [3.8, 4) is 5.75 Å². The number of hydrogen-bond acceptors (Lipinski definition) is 4. The highest BCUT2D eigenvalue weighted by atomic mass is 79.9. The van der Waals surface area contributed by atoms with E-state index in [1.165, 1.54) is 6.07 Å². The molecule has 6 heteroatoms. The molecule has 0 aliphatic heterocycles. The van der Waals surface area contributed by atoms with Gasteiger partial charge < -0.3 is 14.9 Å². The van der Waals surface area contributed by atoms with E-state index in [0.29, 0.717) is 4.47 Å². The summed E-state index contributed by atoms with van der Waals surface area (Å²) in [5.74, 6) is -2.62. The fourth-order valence-corrected chi connectivity index (χ4v) is 1.59. The van der Waals surface area contributed by atoms with Gasteiger partial charge in [0, 0.05) is 10.0 Å². The van der Waals surface area contributed by atoms with E-state index in [1.807, 2.05) is 0 Å². The Balaban J connectivity index is 3.08. The van der Waals surface area contributed by atoms with Crippen molar-refractivity contribution in [2.45, 2.75) is 13.0 Å². The van der Waals surface area contributed by atoms with Gasteiger partial charge in [-0.15, -0.1) is 0 Å². The first-order valence-corrected chi connectivity index (χ1v) is 5.29. The molecule has 0 radical (unpaired) electrons. The molecule has 1 aromatic carbocycles. The summed E-state index contributed by atoms with van der Waals surface area (Å²) in [6, 6.07) is 2.27.